The van der Waals surface area contributed by atoms with Gasteiger partial charge < -0.3 is 29.1 Å². The first kappa shape index (κ1) is 20.4. The number of H-pyrrole nitrogens is 1. The number of ether oxygens (including phenoxy) is 2. The molecule has 8 heteroatoms. The summed E-state index contributed by atoms with van der Waals surface area (Å²) in [6, 6.07) is 11.2. The number of nitrogens with zero attached hydrogens (tertiary/aromatic N) is 1. The molecule has 0 unspecified atom stereocenters. The van der Waals surface area contributed by atoms with E-state index in [1.54, 1.807) is 13.4 Å². The molecule has 1 aromatic carbocycles. The van der Waals surface area contributed by atoms with Crippen LogP contribution in [0, 0.1) is 0 Å². The molecule has 1 saturated heterocycles. The fourth-order valence-electron chi connectivity index (χ4n) is 3.59. The number of nitrogens with one attached hydrogen (secondary N) is 2. The summed E-state index contributed by atoms with van der Waals surface area (Å²) in [5.74, 6) is 1.51. The third-order valence-corrected chi connectivity index (χ3v) is 5.61. The van der Waals surface area contributed by atoms with Crippen LogP contribution in [-0.4, -0.2) is 41.4 Å². The molecule has 2 N–H and O–H groups in total. The van der Waals surface area contributed by atoms with Crippen molar-refractivity contribution in [3.63, 3.8) is 0 Å². The number of hydrogen-bond donors (Lipinski definition) is 2. The van der Waals surface area contributed by atoms with Gasteiger partial charge in [0.2, 0.25) is 0 Å². The SMILES string of the molecule is COc1ccc2[nH]c(=O)c(CN(Cc3ccco3)C(=S)NC[C@@H]3CCCO3)cc2c1. The number of hydrogen-bond acceptors (Lipinski definition) is 5. The second kappa shape index (κ2) is 9.32. The lowest BCUT2D eigenvalue weighted by molar-refractivity contribution is 0.113. The van der Waals surface area contributed by atoms with E-state index in [0.29, 0.717) is 30.3 Å². The molecule has 3 aromatic rings. The molecule has 0 bridgehead atoms. The maximum atomic E-state index is 12.7. The molecule has 1 aliphatic heterocycles. The van der Waals surface area contributed by atoms with Crippen molar-refractivity contribution in [1.82, 2.24) is 15.2 Å². The van der Waals surface area contributed by atoms with Gasteiger partial charge in [-0.1, -0.05) is 0 Å². The summed E-state index contributed by atoms with van der Waals surface area (Å²) in [5, 5.41) is 4.76. The smallest absolute Gasteiger partial charge is 0.253 e. The van der Waals surface area contributed by atoms with Gasteiger partial charge in [-0.3, -0.25) is 4.79 Å². The summed E-state index contributed by atoms with van der Waals surface area (Å²) >= 11 is 5.65. The number of furan rings is 1. The maximum absolute atomic E-state index is 12.7. The molecule has 158 valence electrons. The van der Waals surface area contributed by atoms with E-state index in [9.17, 15) is 4.79 Å². The fraction of sp³-hybridized carbons (Fsp3) is 0.364. The molecule has 1 atom stereocenters. The Morgan fingerprint density at radius 1 is 1.33 bits per heavy atom. The van der Waals surface area contributed by atoms with Crippen molar-refractivity contribution in [1.29, 1.82) is 0 Å². The van der Waals surface area contributed by atoms with Crippen LogP contribution >= 0.6 is 12.2 Å². The van der Waals surface area contributed by atoms with Crippen molar-refractivity contribution in [2.75, 3.05) is 20.3 Å². The van der Waals surface area contributed by atoms with Gasteiger partial charge in [-0.05, 0) is 61.5 Å². The molecule has 0 saturated carbocycles. The minimum atomic E-state index is -0.140. The van der Waals surface area contributed by atoms with Crippen molar-refractivity contribution in [3.05, 3.63) is 64.3 Å². The number of fused-ring (bicyclic) bond motifs is 1. The molecular formula is C22H25N3O4S. The number of thiocarbonyl (C=S) groups is 1. The predicted octanol–water partition coefficient (Wildman–Crippen LogP) is 3.19. The Bertz CT molecular complexity index is 1060. The molecule has 0 aliphatic carbocycles. The lowest BCUT2D eigenvalue weighted by Crippen LogP contribution is -2.42. The minimum absolute atomic E-state index is 0.140. The highest BCUT2D eigenvalue weighted by atomic mass is 32.1. The molecular weight excluding hydrogens is 402 g/mol. The molecule has 7 nitrogen and oxygen atoms in total. The Hall–Kier alpha value is -2.84. The van der Waals surface area contributed by atoms with Gasteiger partial charge in [-0.25, -0.2) is 0 Å². The molecule has 0 amide bonds. The quantitative estimate of drug-likeness (QED) is 0.561. The molecule has 2 aromatic heterocycles. The molecule has 1 aliphatic rings. The third-order valence-electron chi connectivity index (χ3n) is 5.21. The Labute approximate surface area is 180 Å². The van der Waals surface area contributed by atoms with Crippen LogP contribution < -0.4 is 15.6 Å². The minimum Gasteiger partial charge on any atom is -0.497 e. The van der Waals surface area contributed by atoms with E-state index >= 15 is 0 Å². The Balaban J connectivity index is 1.56. The maximum Gasteiger partial charge on any atom is 0.253 e. The van der Waals surface area contributed by atoms with Gasteiger partial charge in [0.05, 0.1) is 32.6 Å². The number of pyridine rings is 1. The van der Waals surface area contributed by atoms with Crippen LogP contribution in [0.3, 0.4) is 0 Å². The molecule has 4 rings (SSSR count). The zero-order chi connectivity index (χ0) is 20.9. The van der Waals surface area contributed by atoms with Crippen LogP contribution in [0.4, 0.5) is 0 Å². The lowest BCUT2D eigenvalue weighted by atomic mass is 10.1. The fourth-order valence-corrected chi connectivity index (χ4v) is 3.80. The van der Waals surface area contributed by atoms with Crippen LogP contribution in [0.1, 0.15) is 24.2 Å². The van der Waals surface area contributed by atoms with Crippen LogP contribution in [-0.2, 0) is 17.8 Å². The van der Waals surface area contributed by atoms with E-state index in [1.165, 1.54) is 0 Å². The van der Waals surface area contributed by atoms with Crippen molar-refractivity contribution in [2.45, 2.75) is 32.0 Å². The van der Waals surface area contributed by atoms with E-state index in [0.717, 1.165) is 41.9 Å². The number of methoxy groups -OCH3 is 1. The normalized spacial score (nSPS) is 16.0. The van der Waals surface area contributed by atoms with Gasteiger partial charge >= 0.3 is 0 Å². The molecule has 30 heavy (non-hydrogen) atoms. The van der Waals surface area contributed by atoms with Crippen molar-refractivity contribution in [3.8, 4) is 5.75 Å². The summed E-state index contributed by atoms with van der Waals surface area (Å²) in [7, 11) is 1.62. The number of rotatable bonds is 7. The van der Waals surface area contributed by atoms with Crippen molar-refractivity contribution in [2.24, 2.45) is 0 Å². The lowest BCUT2D eigenvalue weighted by Gasteiger charge is -2.26. The average Bonchev–Trinajstić information content (AvgIpc) is 3.46. The van der Waals surface area contributed by atoms with Gasteiger partial charge in [0.25, 0.3) is 5.56 Å². The topological polar surface area (TPSA) is 79.7 Å². The van der Waals surface area contributed by atoms with Crippen LogP contribution in [0.5, 0.6) is 5.75 Å². The van der Waals surface area contributed by atoms with Crippen molar-refractivity contribution >= 4 is 28.2 Å². The third kappa shape index (κ3) is 4.83. The zero-order valence-electron chi connectivity index (χ0n) is 16.8. The second-order valence-corrected chi connectivity index (χ2v) is 7.72. The number of aromatic amines is 1. The van der Waals surface area contributed by atoms with Gasteiger partial charge in [-0.15, -0.1) is 0 Å². The van der Waals surface area contributed by atoms with Crippen LogP contribution in [0.15, 0.2) is 51.9 Å². The summed E-state index contributed by atoms with van der Waals surface area (Å²) < 4.78 is 16.5. The van der Waals surface area contributed by atoms with E-state index < -0.39 is 0 Å². The zero-order valence-corrected chi connectivity index (χ0v) is 17.7. The van der Waals surface area contributed by atoms with E-state index in [4.69, 9.17) is 26.1 Å². The number of benzene rings is 1. The summed E-state index contributed by atoms with van der Waals surface area (Å²) in [5.41, 5.74) is 1.24. The second-order valence-electron chi connectivity index (χ2n) is 7.33. The molecule has 0 radical (unpaired) electrons. The summed E-state index contributed by atoms with van der Waals surface area (Å²) in [4.78, 5) is 17.6. The van der Waals surface area contributed by atoms with Gasteiger partial charge in [0.15, 0.2) is 5.11 Å². The van der Waals surface area contributed by atoms with Crippen LogP contribution in [0.2, 0.25) is 0 Å². The summed E-state index contributed by atoms with van der Waals surface area (Å²) in [6.45, 7) is 2.25. The highest BCUT2D eigenvalue weighted by molar-refractivity contribution is 7.80. The molecule has 0 spiro atoms. The van der Waals surface area contributed by atoms with E-state index in [-0.39, 0.29) is 11.7 Å². The Kier molecular flexibility index (Phi) is 6.35. The van der Waals surface area contributed by atoms with Gasteiger partial charge in [-0.2, -0.15) is 0 Å². The standard InChI is InChI=1S/C22H25N3O4S/c1-27-17-6-7-20-15(11-17)10-16(21(26)24-20)13-25(14-19-5-3-9-29-19)22(30)23-12-18-4-2-8-28-18/h3,5-7,9-11,18H,2,4,8,12-14H2,1H3,(H,23,30)(H,24,26)/t18-/m0/s1. The Morgan fingerprint density at radius 3 is 2.97 bits per heavy atom. The molecule has 3 heterocycles. The molecule has 1 fully saturated rings. The van der Waals surface area contributed by atoms with Gasteiger partial charge in [0.1, 0.15) is 11.5 Å². The first-order valence-electron chi connectivity index (χ1n) is 9.99. The highest BCUT2D eigenvalue weighted by Gasteiger charge is 2.19. The van der Waals surface area contributed by atoms with E-state index in [2.05, 4.69) is 10.3 Å². The monoisotopic (exact) mass is 427 g/mol. The first-order chi connectivity index (χ1) is 14.6. The Morgan fingerprint density at radius 2 is 2.23 bits per heavy atom. The van der Waals surface area contributed by atoms with Crippen LogP contribution in [0.25, 0.3) is 10.9 Å². The van der Waals surface area contributed by atoms with E-state index in [1.807, 2.05) is 41.3 Å². The average molecular weight is 428 g/mol. The summed E-state index contributed by atoms with van der Waals surface area (Å²) in [6.07, 6.45) is 3.90. The van der Waals surface area contributed by atoms with Crippen molar-refractivity contribution < 1.29 is 13.9 Å². The number of aromatic nitrogens is 1. The van der Waals surface area contributed by atoms with Gasteiger partial charge in [0, 0.05) is 29.6 Å². The first-order valence-corrected chi connectivity index (χ1v) is 10.4. The predicted molar refractivity (Wildman–Crippen MR) is 119 cm³/mol. The highest BCUT2D eigenvalue weighted by Crippen LogP contribution is 2.20. The largest absolute Gasteiger partial charge is 0.497 e.